The highest BCUT2D eigenvalue weighted by Gasteiger charge is 2.11. The second-order valence-corrected chi connectivity index (χ2v) is 6.73. The predicted octanol–water partition coefficient (Wildman–Crippen LogP) is 1.53. The summed E-state index contributed by atoms with van der Waals surface area (Å²) in [6.07, 6.45) is 1.39. The first-order valence-electron chi connectivity index (χ1n) is 9.58. The van der Waals surface area contributed by atoms with Crippen LogP contribution < -0.4 is 20.8 Å². The van der Waals surface area contributed by atoms with Crippen molar-refractivity contribution in [3.8, 4) is 5.75 Å². The van der Waals surface area contributed by atoms with E-state index in [4.69, 9.17) is 9.47 Å². The molecule has 2 aromatic carbocycles. The highest BCUT2D eigenvalue weighted by molar-refractivity contribution is 6.35. The molecule has 0 aliphatic heterocycles. The van der Waals surface area contributed by atoms with Crippen LogP contribution in [0.5, 0.6) is 5.75 Å². The van der Waals surface area contributed by atoms with Gasteiger partial charge in [0.25, 0.3) is 5.91 Å². The molecule has 0 fully saturated rings. The fraction of sp³-hybridized carbons (Fsp3) is 0.273. The molecule has 9 nitrogen and oxygen atoms in total. The van der Waals surface area contributed by atoms with Gasteiger partial charge in [-0.3, -0.25) is 14.4 Å². The van der Waals surface area contributed by atoms with Crippen LogP contribution in [0.25, 0.3) is 0 Å². The monoisotopic (exact) mass is 426 g/mol. The Morgan fingerprint density at radius 1 is 1.00 bits per heavy atom. The van der Waals surface area contributed by atoms with E-state index in [-0.39, 0.29) is 19.1 Å². The summed E-state index contributed by atoms with van der Waals surface area (Å²) in [6.45, 7) is 4.34. The Balaban J connectivity index is 1.77. The number of amides is 3. The zero-order valence-electron chi connectivity index (χ0n) is 17.7. The minimum Gasteiger partial charge on any atom is -0.484 e. The largest absolute Gasteiger partial charge is 0.484 e. The van der Waals surface area contributed by atoms with Crippen LogP contribution in [0.1, 0.15) is 16.7 Å². The molecule has 0 heterocycles. The molecule has 0 spiro atoms. The number of rotatable bonds is 9. The lowest BCUT2D eigenvalue weighted by molar-refractivity contribution is -0.139. The van der Waals surface area contributed by atoms with Gasteiger partial charge in [-0.05, 0) is 66.9 Å². The van der Waals surface area contributed by atoms with Gasteiger partial charge in [-0.25, -0.2) is 5.43 Å². The van der Waals surface area contributed by atoms with Gasteiger partial charge in [0.1, 0.15) is 5.75 Å². The molecule has 0 atom stereocenters. The van der Waals surface area contributed by atoms with Gasteiger partial charge < -0.3 is 20.1 Å². The van der Waals surface area contributed by atoms with Crippen molar-refractivity contribution < 1.29 is 23.9 Å². The number of nitrogens with zero attached hydrogens (tertiary/aromatic N) is 1. The van der Waals surface area contributed by atoms with Crippen LogP contribution in [-0.4, -0.2) is 50.8 Å². The number of hydrazone groups is 1. The van der Waals surface area contributed by atoms with Crippen LogP contribution in [-0.2, 0) is 19.1 Å². The Morgan fingerprint density at radius 2 is 1.68 bits per heavy atom. The number of nitrogens with one attached hydrogen (secondary N) is 3. The van der Waals surface area contributed by atoms with Crippen molar-refractivity contribution in [2.24, 2.45) is 5.10 Å². The second-order valence-electron chi connectivity index (χ2n) is 6.73. The normalized spacial score (nSPS) is 10.5. The number of carbonyl (C=O) groups is 3. The molecule has 31 heavy (non-hydrogen) atoms. The Bertz CT molecular complexity index is 921. The molecule has 3 N–H and O–H groups in total. The molecule has 3 amide bonds. The zero-order valence-corrected chi connectivity index (χ0v) is 17.7. The van der Waals surface area contributed by atoms with E-state index in [0.717, 1.165) is 16.8 Å². The number of hydrogen-bond donors (Lipinski definition) is 3. The Morgan fingerprint density at radius 3 is 2.32 bits per heavy atom. The summed E-state index contributed by atoms with van der Waals surface area (Å²) in [5.41, 5.74) is 5.67. The SMILES string of the molecule is COCCNC(=O)C(=O)N/N=C\c1ccc(OCC(=O)Nc2cc(C)cc(C)c2)cc1. The fourth-order valence-corrected chi connectivity index (χ4v) is 2.61. The van der Waals surface area contributed by atoms with Gasteiger partial charge in [-0.1, -0.05) is 6.07 Å². The van der Waals surface area contributed by atoms with E-state index in [0.29, 0.717) is 17.9 Å². The van der Waals surface area contributed by atoms with Crippen LogP contribution in [0.2, 0.25) is 0 Å². The van der Waals surface area contributed by atoms with Crippen LogP contribution in [0.4, 0.5) is 5.69 Å². The quantitative estimate of drug-likeness (QED) is 0.243. The lowest BCUT2D eigenvalue weighted by Gasteiger charge is -2.09. The third kappa shape index (κ3) is 8.67. The molecule has 2 rings (SSSR count). The Hall–Kier alpha value is -3.72. The number of methoxy groups -OCH3 is 1. The second kappa shape index (κ2) is 12.1. The van der Waals surface area contributed by atoms with E-state index in [1.165, 1.54) is 13.3 Å². The number of hydrogen-bond acceptors (Lipinski definition) is 6. The summed E-state index contributed by atoms with van der Waals surface area (Å²) in [6, 6.07) is 12.6. The summed E-state index contributed by atoms with van der Waals surface area (Å²) < 4.78 is 10.3. The van der Waals surface area contributed by atoms with Gasteiger partial charge in [0.05, 0.1) is 12.8 Å². The molecule has 0 saturated heterocycles. The van der Waals surface area contributed by atoms with Crippen molar-refractivity contribution in [2.75, 3.05) is 32.2 Å². The molecule has 2 aromatic rings. The Kier molecular flexibility index (Phi) is 9.18. The van der Waals surface area contributed by atoms with Gasteiger partial charge >= 0.3 is 11.8 Å². The minimum absolute atomic E-state index is 0.130. The van der Waals surface area contributed by atoms with Crippen molar-refractivity contribution in [1.29, 1.82) is 0 Å². The topological polar surface area (TPSA) is 118 Å². The molecular weight excluding hydrogens is 400 g/mol. The maximum Gasteiger partial charge on any atom is 0.329 e. The first kappa shape index (κ1) is 23.6. The molecule has 0 aliphatic rings. The zero-order chi connectivity index (χ0) is 22.6. The molecule has 0 aliphatic carbocycles. The summed E-state index contributed by atoms with van der Waals surface area (Å²) in [7, 11) is 1.49. The summed E-state index contributed by atoms with van der Waals surface area (Å²) in [4.78, 5) is 35.1. The van der Waals surface area contributed by atoms with Crippen LogP contribution in [0.3, 0.4) is 0 Å². The standard InChI is InChI=1S/C22H26N4O5/c1-15-10-16(2)12-18(11-15)25-20(27)14-31-19-6-4-17(5-7-19)13-24-26-22(29)21(28)23-8-9-30-3/h4-7,10-13H,8-9,14H2,1-3H3,(H,23,28)(H,25,27)(H,26,29)/b24-13-. The van der Waals surface area contributed by atoms with Gasteiger partial charge in [0.2, 0.25) is 0 Å². The maximum atomic E-state index is 12.1. The van der Waals surface area contributed by atoms with E-state index >= 15 is 0 Å². The van der Waals surface area contributed by atoms with E-state index in [2.05, 4.69) is 21.2 Å². The van der Waals surface area contributed by atoms with E-state index in [9.17, 15) is 14.4 Å². The van der Waals surface area contributed by atoms with Gasteiger partial charge in [-0.15, -0.1) is 0 Å². The van der Waals surface area contributed by atoms with Crippen molar-refractivity contribution in [2.45, 2.75) is 13.8 Å². The third-order valence-corrected chi connectivity index (χ3v) is 3.93. The van der Waals surface area contributed by atoms with Crippen molar-refractivity contribution in [3.05, 3.63) is 59.2 Å². The summed E-state index contributed by atoms with van der Waals surface area (Å²) >= 11 is 0. The van der Waals surface area contributed by atoms with Gasteiger partial charge in [0.15, 0.2) is 6.61 Å². The lowest BCUT2D eigenvalue weighted by atomic mass is 10.1. The first-order valence-corrected chi connectivity index (χ1v) is 9.58. The van der Waals surface area contributed by atoms with E-state index < -0.39 is 11.8 Å². The maximum absolute atomic E-state index is 12.1. The van der Waals surface area contributed by atoms with Crippen LogP contribution in [0, 0.1) is 13.8 Å². The molecule has 0 radical (unpaired) electrons. The Labute approximate surface area is 180 Å². The third-order valence-electron chi connectivity index (χ3n) is 3.93. The summed E-state index contributed by atoms with van der Waals surface area (Å²) in [5.74, 6) is -1.42. The van der Waals surface area contributed by atoms with E-state index in [1.807, 2.05) is 32.0 Å². The average Bonchev–Trinajstić information content (AvgIpc) is 2.72. The fourth-order valence-electron chi connectivity index (χ4n) is 2.61. The molecule has 164 valence electrons. The number of ether oxygens (including phenoxy) is 2. The molecule has 0 saturated carbocycles. The van der Waals surface area contributed by atoms with Crippen molar-refractivity contribution in [1.82, 2.24) is 10.7 Å². The van der Waals surface area contributed by atoms with Gasteiger partial charge in [-0.2, -0.15) is 5.10 Å². The van der Waals surface area contributed by atoms with Crippen LogP contribution >= 0.6 is 0 Å². The van der Waals surface area contributed by atoms with E-state index in [1.54, 1.807) is 24.3 Å². The van der Waals surface area contributed by atoms with Gasteiger partial charge in [0, 0.05) is 19.3 Å². The molecule has 0 unspecified atom stereocenters. The first-order chi connectivity index (χ1) is 14.9. The molecule has 9 heteroatoms. The van der Waals surface area contributed by atoms with Crippen molar-refractivity contribution >= 4 is 29.6 Å². The molecular formula is C22H26N4O5. The van der Waals surface area contributed by atoms with Crippen LogP contribution in [0.15, 0.2) is 47.6 Å². The summed E-state index contributed by atoms with van der Waals surface area (Å²) in [5, 5.41) is 8.92. The highest BCUT2D eigenvalue weighted by atomic mass is 16.5. The average molecular weight is 426 g/mol. The predicted molar refractivity (Wildman–Crippen MR) is 117 cm³/mol. The smallest absolute Gasteiger partial charge is 0.329 e. The lowest BCUT2D eigenvalue weighted by Crippen LogP contribution is -2.39. The number of aryl methyl sites for hydroxylation is 2. The molecule has 0 bridgehead atoms. The number of benzene rings is 2. The number of anilines is 1. The highest BCUT2D eigenvalue weighted by Crippen LogP contribution is 2.14. The number of carbonyl (C=O) groups excluding carboxylic acids is 3. The van der Waals surface area contributed by atoms with Crippen molar-refractivity contribution in [3.63, 3.8) is 0 Å². The molecule has 0 aromatic heterocycles. The minimum atomic E-state index is -0.873.